The first kappa shape index (κ1) is 21.6. The van der Waals surface area contributed by atoms with E-state index in [9.17, 15) is 9.59 Å². The van der Waals surface area contributed by atoms with E-state index in [1.165, 1.54) is 0 Å². The first-order valence-electron chi connectivity index (χ1n) is 10.3. The minimum atomic E-state index is -0.217. The summed E-state index contributed by atoms with van der Waals surface area (Å²) in [5.41, 5.74) is 1.82. The van der Waals surface area contributed by atoms with Gasteiger partial charge in [-0.3, -0.25) is 9.59 Å². The molecule has 1 heterocycles. The van der Waals surface area contributed by atoms with Gasteiger partial charge in [-0.15, -0.1) is 0 Å². The monoisotopic (exact) mass is 411 g/mol. The highest BCUT2D eigenvalue weighted by molar-refractivity contribution is 5.98. The number of para-hydroxylation sites is 2. The lowest BCUT2D eigenvalue weighted by Gasteiger charge is -2.15. The van der Waals surface area contributed by atoms with E-state index in [-0.39, 0.29) is 30.5 Å². The summed E-state index contributed by atoms with van der Waals surface area (Å²) < 4.78 is 11.5. The highest BCUT2D eigenvalue weighted by Crippen LogP contribution is 2.25. The van der Waals surface area contributed by atoms with Gasteiger partial charge in [0.25, 0.3) is 5.91 Å². The summed E-state index contributed by atoms with van der Waals surface area (Å²) in [6, 6.07) is 14.4. The fourth-order valence-electron chi connectivity index (χ4n) is 3.16. The lowest BCUT2D eigenvalue weighted by molar-refractivity contribution is -0.114. The summed E-state index contributed by atoms with van der Waals surface area (Å²) in [7, 11) is 0. The first-order chi connectivity index (χ1) is 14.5. The van der Waals surface area contributed by atoms with Crippen molar-refractivity contribution in [3.05, 3.63) is 54.1 Å². The third-order valence-electron chi connectivity index (χ3n) is 4.60. The Labute approximate surface area is 177 Å². The first-order valence-corrected chi connectivity index (χ1v) is 10.3. The zero-order valence-electron chi connectivity index (χ0n) is 17.4. The third kappa shape index (κ3) is 6.49. The molecule has 1 unspecified atom stereocenters. The van der Waals surface area contributed by atoms with Gasteiger partial charge in [-0.05, 0) is 57.0 Å². The van der Waals surface area contributed by atoms with Crippen LogP contribution in [-0.4, -0.2) is 43.7 Å². The molecule has 1 fully saturated rings. The van der Waals surface area contributed by atoms with Crippen LogP contribution in [0.2, 0.25) is 0 Å². The molecule has 1 aliphatic rings. The Hall–Kier alpha value is -3.06. The molecule has 3 N–H and O–H groups in total. The lowest BCUT2D eigenvalue weighted by atomic mass is 10.1. The van der Waals surface area contributed by atoms with Crippen molar-refractivity contribution >= 4 is 23.2 Å². The van der Waals surface area contributed by atoms with E-state index in [4.69, 9.17) is 9.47 Å². The van der Waals surface area contributed by atoms with E-state index in [0.29, 0.717) is 23.6 Å². The number of carbonyl (C=O) groups excluding carboxylic acids is 2. The van der Waals surface area contributed by atoms with Crippen LogP contribution in [-0.2, 0) is 9.53 Å². The van der Waals surface area contributed by atoms with Crippen LogP contribution >= 0.6 is 0 Å². The van der Waals surface area contributed by atoms with Crippen molar-refractivity contribution < 1.29 is 19.1 Å². The molecule has 0 bridgehead atoms. The predicted molar refractivity (Wildman–Crippen MR) is 117 cm³/mol. The summed E-state index contributed by atoms with van der Waals surface area (Å²) in [4.78, 5) is 24.5. The summed E-state index contributed by atoms with van der Waals surface area (Å²) in [6.07, 6.45) is 2.20. The van der Waals surface area contributed by atoms with Crippen molar-refractivity contribution in [3.8, 4) is 5.75 Å². The summed E-state index contributed by atoms with van der Waals surface area (Å²) in [5.74, 6) is 0.301. The van der Waals surface area contributed by atoms with Crippen LogP contribution < -0.4 is 20.7 Å². The molecule has 7 nitrogen and oxygen atoms in total. The molecule has 3 rings (SSSR count). The second-order valence-electron chi connectivity index (χ2n) is 7.55. The summed E-state index contributed by atoms with van der Waals surface area (Å²) in [6.45, 7) is 5.16. The minimum absolute atomic E-state index is 0.0439. The van der Waals surface area contributed by atoms with Crippen molar-refractivity contribution in [2.75, 3.05) is 30.4 Å². The smallest absolute Gasteiger partial charge is 0.251 e. The summed E-state index contributed by atoms with van der Waals surface area (Å²) in [5, 5.41) is 8.77. The number of rotatable bonds is 9. The van der Waals surface area contributed by atoms with Crippen LogP contribution in [0.25, 0.3) is 0 Å². The van der Waals surface area contributed by atoms with Gasteiger partial charge in [0.1, 0.15) is 12.4 Å². The zero-order chi connectivity index (χ0) is 21.3. The average Bonchev–Trinajstić information content (AvgIpc) is 3.25. The highest BCUT2D eigenvalue weighted by atomic mass is 16.5. The Morgan fingerprint density at radius 1 is 1.17 bits per heavy atom. The molecule has 2 aromatic carbocycles. The van der Waals surface area contributed by atoms with Gasteiger partial charge in [0.2, 0.25) is 5.91 Å². The van der Waals surface area contributed by atoms with Crippen LogP contribution in [0.1, 0.15) is 37.0 Å². The maximum Gasteiger partial charge on any atom is 0.251 e. The van der Waals surface area contributed by atoms with Crippen LogP contribution in [0.3, 0.4) is 0 Å². The van der Waals surface area contributed by atoms with Gasteiger partial charge in [-0.2, -0.15) is 0 Å². The van der Waals surface area contributed by atoms with Gasteiger partial charge in [-0.25, -0.2) is 0 Å². The molecule has 1 atom stereocenters. The number of anilines is 2. The standard InChI is InChI=1S/C23H29N3O4/c1-16(2)25-23(28)17-7-5-8-18(13-17)26-22(27)14-24-20-10-3-4-11-21(20)30-15-19-9-6-12-29-19/h3-5,7-8,10-11,13,16,19,24H,6,9,12,14-15H2,1-2H3,(H,25,28)(H,26,27). The van der Waals surface area contributed by atoms with Crippen molar-refractivity contribution in [2.24, 2.45) is 0 Å². The highest BCUT2D eigenvalue weighted by Gasteiger charge is 2.17. The topological polar surface area (TPSA) is 88.7 Å². The van der Waals surface area contributed by atoms with E-state index in [2.05, 4.69) is 16.0 Å². The molecule has 2 aromatic rings. The third-order valence-corrected chi connectivity index (χ3v) is 4.60. The van der Waals surface area contributed by atoms with Gasteiger partial charge in [0.05, 0.1) is 18.3 Å². The van der Waals surface area contributed by atoms with Crippen molar-refractivity contribution in [2.45, 2.75) is 38.8 Å². The Bertz CT molecular complexity index is 863. The fourth-order valence-corrected chi connectivity index (χ4v) is 3.16. The molecule has 0 spiro atoms. The van der Waals surface area contributed by atoms with E-state index in [0.717, 1.165) is 25.1 Å². The second-order valence-corrected chi connectivity index (χ2v) is 7.55. The van der Waals surface area contributed by atoms with E-state index in [1.54, 1.807) is 24.3 Å². The molecule has 0 aliphatic carbocycles. The van der Waals surface area contributed by atoms with E-state index >= 15 is 0 Å². The molecule has 0 aromatic heterocycles. The van der Waals surface area contributed by atoms with Crippen LogP contribution in [0.15, 0.2) is 48.5 Å². The maximum absolute atomic E-state index is 12.4. The number of nitrogens with one attached hydrogen (secondary N) is 3. The predicted octanol–water partition coefficient (Wildman–Crippen LogP) is 3.43. The van der Waals surface area contributed by atoms with Gasteiger partial charge in [0, 0.05) is 23.9 Å². The molecular weight excluding hydrogens is 382 g/mol. The molecule has 2 amide bonds. The zero-order valence-corrected chi connectivity index (χ0v) is 17.4. The number of hydrogen-bond acceptors (Lipinski definition) is 5. The van der Waals surface area contributed by atoms with Gasteiger partial charge < -0.3 is 25.4 Å². The van der Waals surface area contributed by atoms with E-state index in [1.807, 2.05) is 38.1 Å². The molecule has 0 radical (unpaired) electrons. The number of hydrogen-bond donors (Lipinski definition) is 3. The number of amides is 2. The van der Waals surface area contributed by atoms with Crippen molar-refractivity contribution in [1.82, 2.24) is 5.32 Å². The number of carbonyl (C=O) groups is 2. The molecule has 30 heavy (non-hydrogen) atoms. The lowest BCUT2D eigenvalue weighted by Crippen LogP contribution is -2.30. The SMILES string of the molecule is CC(C)NC(=O)c1cccc(NC(=O)CNc2ccccc2OCC2CCCO2)c1. The quantitative estimate of drug-likeness (QED) is 0.588. The molecule has 160 valence electrons. The Morgan fingerprint density at radius 2 is 2.00 bits per heavy atom. The number of benzene rings is 2. The molecule has 1 saturated heterocycles. The number of ether oxygens (including phenoxy) is 2. The van der Waals surface area contributed by atoms with Crippen LogP contribution in [0, 0.1) is 0 Å². The van der Waals surface area contributed by atoms with Gasteiger partial charge >= 0.3 is 0 Å². The molecule has 7 heteroatoms. The van der Waals surface area contributed by atoms with Crippen molar-refractivity contribution in [1.29, 1.82) is 0 Å². The average molecular weight is 412 g/mol. The molecule has 0 saturated carbocycles. The van der Waals surface area contributed by atoms with Crippen LogP contribution in [0.4, 0.5) is 11.4 Å². The maximum atomic E-state index is 12.4. The Kier molecular flexibility index (Phi) is 7.68. The van der Waals surface area contributed by atoms with Gasteiger partial charge in [0.15, 0.2) is 0 Å². The summed E-state index contributed by atoms with van der Waals surface area (Å²) >= 11 is 0. The Balaban J connectivity index is 1.53. The van der Waals surface area contributed by atoms with E-state index < -0.39 is 0 Å². The normalized spacial score (nSPS) is 15.6. The van der Waals surface area contributed by atoms with Crippen molar-refractivity contribution in [3.63, 3.8) is 0 Å². The van der Waals surface area contributed by atoms with Crippen LogP contribution in [0.5, 0.6) is 5.75 Å². The Morgan fingerprint density at radius 3 is 2.77 bits per heavy atom. The fraction of sp³-hybridized carbons (Fsp3) is 0.391. The largest absolute Gasteiger partial charge is 0.489 e. The minimum Gasteiger partial charge on any atom is -0.489 e. The second kappa shape index (κ2) is 10.6. The molecule has 1 aliphatic heterocycles. The van der Waals surface area contributed by atoms with Gasteiger partial charge in [-0.1, -0.05) is 18.2 Å². The molecular formula is C23H29N3O4.